The van der Waals surface area contributed by atoms with Crippen LogP contribution in [0.15, 0.2) is 98.7 Å². The number of rotatable bonds is 9. The van der Waals surface area contributed by atoms with Crippen LogP contribution in [0.2, 0.25) is 0 Å². The molecule has 0 unspecified atom stereocenters. The number of thioether (sulfide) groups is 1. The molecule has 1 aromatic heterocycles. The van der Waals surface area contributed by atoms with Crippen LogP contribution in [-0.4, -0.2) is 28.3 Å². The second kappa shape index (κ2) is 12.6. The van der Waals surface area contributed by atoms with E-state index in [1.54, 1.807) is 54.5 Å². The number of carbonyl (C=O) groups excluding carboxylic acids is 1. The lowest BCUT2D eigenvalue weighted by Gasteiger charge is -2.24. The van der Waals surface area contributed by atoms with E-state index in [9.17, 15) is 19.7 Å². The van der Waals surface area contributed by atoms with Crippen LogP contribution in [-0.2, 0) is 16.1 Å². The number of fused-ring (bicyclic) bond motifs is 1. The highest BCUT2D eigenvalue weighted by atomic mass is 32.2. The van der Waals surface area contributed by atoms with Gasteiger partial charge in [0, 0.05) is 17.0 Å². The van der Waals surface area contributed by atoms with E-state index in [0.29, 0.717) is 26.4 Å². The molecule has 42 heavy (non-hydrogen) atoms. The molecule has 9 nitrogen and oxygen atoms in total. The Balaban J connectivity index is 1.50. The van der Waals surface area contributed by atoms with Crippen LogP contribution in [0.5, 0.6) is 5.75 Å². The quantitative estimate of drug-likeness (QED) is 0.115. The lowest BCUT2D eigenvalue weighted by molar-refractivity contribution is -0.384. The highest BCUT2D eigenvalue weighted by molar-refractivity contribution is 7.98. The van der Waals surface area contributed by atoms with Crippen molar-refractivity contribution in [3.8, 4) is 5.75 Å². The van der Waals surface area contributed by atoms with E-state index in [1.807, 2.05) is 48.7 Å². The van der Waals surface area contributed by atoms with Crippen LogP contribution >= 0.6 is 23.1 Å². The first-order valence-electron chi connectivity index (χ1n) is 13.1. The number of nitro groups is 1. The number of hydrogen-bond acceptors (Lipinski definition) is 9. The molecular weight excluding hydrogens is 574 g/mol. The van der Waals surface area contributed by atoms with Gasteiger partial charge < -0.3 is 9.47 Å². The predicted molar refractivity (Wildman–Crippen MR) is 162 cm³/mol. The molecule has 4 aromatic rings. The van der Waals surface area contributed by atoms with Gasteiger partial charge in [-0.2, -0.15) is 0 Å². The summed E-state index contributed by atoms with van der Waals surface area (Å²) in [5.41, 5.74) is 2.95. The number of aromatic nitrogens is 1. The van der Waals surface area contributed by atoms with Crippen molar-refractivity contribution in [2.45, 2.75) is 31.4 Å². The van der Waals surface area contributed by atoms with Crippen molar-refractivity contribution >= 4 is 40.8 Å². The minimum Gasteiger partial charge on any atom is -0.489 e. The van der Waals surface area contributed by atoms with Crippen molar-refractivity contribution in [3.63, 3.8) is 0 Å². The van der Waals surface area contributed by atoms with Gasteiger partial charge in [0.2, 0.25) is 0 Å². The number of esters is 1. The molecule has 0 N–H and O–H groups in total. The predicted octanol–water partition coefficient (Wildman–Crippen LogP) is 5.01. The fourth-order valence-electron chi connectivity index (χ4n) is 4.62. The Bertz CT molecular complexity index is 1860. The van der Waals surface area contributed by atoms with Crippen molar-refractivity contribution in [3.05, 3.63) is 131 Å². The molecule has 3 aromatic carbocycles. The maximum Gasteiger partial charge on any atom is 0.338 e. The fraction of sp³-hybridized carbons (Fsp3) is 0.194. The summed E-state index contributed by atoms with van der Waals surface area (Å²) in [7, 11) is 0. The second-order valence-electron chi connectivity index (χ2n) is 9.36. The number of non-ortho nitro benzene ring substituents is 1. The molecule has 214 valence electrons. The van der Waals surface area contributed by atoms with E-state index in [1.165, 1.54) is 23.5 Å². The lowest BCUT2D eigenvalue weighted by Crippen LogP contribution is -2.39. The molecule has 0 aliphatic carbocycles. The monoisotopic (exact) mass is 601 g/mol. The van der Waals surface area contributed by atoms with Gasteiger partial charge in [0.05, 0.1) is 33.4 Å². The van der Waals surface area contributed by atoms with E-state index < -0.39 is 16.9 Å². The minimum atomic E-state index is -0.672. The van der Waals surface area contributed by atoms with E-state index in [-0.39, 0.29) is 24.5 Å². The highest BCUT2D eigenvalue weighted by Gasteiger charge is 2.33. The van der Waals surface area contributed by atoms with Crippen LogP contribution < -0.4 is 19.6 Å². The summed E-state index contributed by atoms with van der Waals surface area (Å²) < 4.78 is 13.3. The number of allylic oxidation sites excluding steroid dienone is 1. The van der Waals surface area contributed by atoms with Gasteiger partial charge in [-0.25, -0.2) is 9.79 Å². The van der Waals surface area contributed by atoms with Crippen LogP contribution in [0.1, 0.15) is 36.6 Å². The first-order chi connectivity index (χ1) is 20.3. The Morgan fingerprint density at radius 3 is 2.55 bits per heavy atom. The molecule has 11 heteroatoms. The van der Waals surface area contributed by atoms with Crippen LogP contribution in [0.3, 0.4) is 0 Å². The number of carbonyl (C=O) groups is 1. The van der Waals surface area contributed by atoms with Crippen molar-refractivity contribution in [1.29, 1.82) is 0 Å². The summed E-state index contributed by atoms with van der Waals surface area (Å²) in [4.78, 5) is 43.6. The summed E-state index contributed by atoms with van der Waals surface area (Å²) >= 11 is 2.87. The van der Waals surface area contributed by atoms with E-state index in [2.05, 4.69) is 4.99 Å². The Morgan fingerprint density at radius 2 is 1.88 bits per heavy atom. The maximum absolute atomic E-state index is 13.9. The molecule has 1 aliphatic rings. The number of thiazole rings is 1. The highest BCUT2D eigenvalue weighted by Crippen LogP contribution is 2.31. The molecule has 0 fully saturated rings. The summed E-state index contributed by atoms with van der Waals surface area (Å²) in [5, 5.41) is 10.9. The third-order valence-corrected chi connectivity index (χ3v) is 8.38. The fourth-order valence-corrected chi connectivity index (χ4v) is 6.07. The molecule has 0 bridgehead atoms. The zero-order valence-corrected chi connectivity index (χ0v) is 24.7. The van der Waals surface area contributed by atoms with E-state index in [0.717, 1.165) is 21.6 Å². The summed E-state index contributed by atoms with van der Waals surface area (Å²) in [6, 6.07) is 20.6. The lowest BCUT2D eigenvalue weighted by atomic mass is 9.96. The van der Waals surface area contributed by atoms with Crippen LogP contribution in [0.4, 0.5) is 5.69 Å². The Kier molecular flexibility index (Phi) is 8.69. The van der Waals surface area contributed by atoms with Crippen molar-refractivity contribution in [1.82, 2.24) is 4.57 Å². The third kappa shape index (κ3) is 6.07. The van der Waals surface area contributed by atoms with Crippen LogP contribution in [0.25, 0.3) is 6.08 Å². The molecule has 1 atom stereocenters. The molecule has 0 saturated carbocycles. The number of ether oxygens (including phenoxy) is 2. The average Bonchev–Trinajstić information content (AvgIpc) is 3.29. The average molecular weight is 602 g/mol. The van der Waals surface area contributed by atoms with Crippen LogP contribution in [0, 0.1) is 10.1 Å². The standard InChI is InChI=1S/C31H27N3O6S2/c1-4-39-30(36)27-19(2)32-31-33(28(27)22-10-14-25(41-3)15-11-22)29(35)26(42-31)17-21-6-5-7-24(16-21)40-18-20-8-12-23(13-9-20)34(37)38/h5-17,28H,4,18H2,1-3H3/b26-17-/t28-/m0/s1. The first kappa shape index (κ1) is 29.0. The Hall–Kier alpha value is -4.48. The Morgan fingerprint density at radius 1 is 1.14 bits per heavy atom. The van der Waals surface area contributed by atoms with Gasteiger partial charge in [-0.1, -0.05) is 35.6 Å². The summed E-state index contributed by atoms with van der Waals surface area (Å²) in [6.45, 7) is 3.95. The Labute approximate surface area is 249 Å². The van der Waals surface area contributed by atoms with Crippen molar-refractivity contribution in [2.75, 3.05) is 12.9 Å². The second-order valence-corrected chi connectivity index (χ2v) is 11.2. The van der Waals surface area contributed by atoms with Gasteiger partial charge in [0.15, 0.2) is 4.80 Å². The smallest absolute Gasteiger partial charge is 0.338 e. The number of benzene rings is 3. The van der Waals surface area contributed by atoms with Gasteiger partial charge in [0.1, 0.15) is 12.4 Å². The van der Waals surface area contributed by atoms with Gasteiger partial charge in [-0.15, -0.1) is 11.8 Å². The molecule has 2 heterocycles. The molecule has 0 saturated heterocycles. The summed E-state index contributed by atoms with van der Waals surface area (Å²) in [6.07, 6.45) is 3.77. The number of hydrogen-bond donors (Lipinski definition) is 0. The van der Waals surface area contributed by atoms with E-state index in [4.69, 9.17) is 9.47 Å². The van der Waals surface area contributed by atoms with Gasteiger partial charge >= 0.3 is 5.97 Å². The number of nitro benzene ring substituents is 1. The van der Waals surface area contributed by atoms with Gasteiger partial charge in [-0.05, 0) is 79.3 Å². The third-order valence-electron chi connectivity index (χ3n) is 6.66. The molecular formula is C31H27N3O6S2. The normalized spacial score (nSPS) is 14.7. The molecule has 0 spiro atoms. The minimum absolute atomic E-state index is 0.0194. The molecule has 5 rings (SSSR count). The van der Waals surface area contributed by atoms with E-state index >= 15 is 0 Å². The zero-order chi connectivity index (χ0) is 29.8. The molecule has 0 radical (unpaired) electrons. The number of nitrogens with zero attached hydrogens (tertiary/aromatic N) is 3. The first-order valence-corrected chi connectivity index (χ1v) is 15.1. The largest absolute Gasteiger partial charge is 0.489 e. The van der Waals surface area contributed by atoms with Gasteiger partial charge in [-0.3, -0.25) is 19.5 Å². The SMILES string of the molecule is CCOC(=O)C1=C(C)N=c2s/c(=C\c3cccc(OCc4ccc([N+](=O)[O-])cc4)c3)c(=O)n2[C@H]1c1ccc(SC)cc1. The summed E-state index contributed by atoms with van der Waals surface area (Å²) in [5.74, 6) is 0.0897. The zero-order valence-electron chi connectivity index (χ0n) is 23.1. The maximum atomic E-state index is 13.9. The van der Waals surface area contributed by atoms with Crippen molar-refractivity contribution < 1.29 is 19.2 Å². The van der Waals surface area contributed by atoms with Crippen molar-refractivity contribution in [2.24, 2.45) is 4.99 Å². The van der Waals surface area contributed by atoms with Gasteiger partial charge in [0.25, 0.3) is 11.2 Å². The molecule has 0 amide bonds. The molecule has 1 aliphatic heterocycles. The topological polar surface area (TPSA) is 113 Å².